The number of rotatable bonds is 30. The van der Waals surface area contributed by atoms with Gasteiger partial charge >= 0.3 is 17.9 Å². The molecule has 0 heterocycles. The van der Waals surface area contributed by atoms with Crippen LogP contribution in [0.4, 0.5) is 0 Å². The number of amides is 8. The average molecular weight is 984 g/mol. The molecule has 0 aliphatic rings. The van der Waals surface area contributed by atoms with Gasteiger partial charge in [-0.15, -0.1) is 0 Å². The van der Waals surface area contributed by atoms with Crippen LogP contribution in [0.15, 0.2) is 30.3 Å². The number of aliphatic carboxylic acids is 3. The van der Waals surface area contributed by atoms with Crippen LogP contribution >= 0.6 is 12.6 Å². The molecule has 15 N–H and O–H groups in total. The van der Waals surface area contributed by atoms with Gasteiger partial charge < -0.3 is 73.8 Å². The van der Waals surface area contributed by atoms with E-state index in [0.29, 0.717) is 5.56 Å². The molecule has 1 aromatic carbocycles. The highest BCUT2D eigenvalue weighted by Crippen LogP contribution is 2.10. The lowest BCUT2D eigenvalue weighted by Gasteiger charge is -2.29. The number of nitrogens with two attached hydrogens (primary N) is 1. The number of aliphatic hydroxyl groups is 2. The Hall–Kier alpha value is -6.38. The number of carboxylic acid groups (broad SMARTS) is 3. The average Bonchev–Trinajstić information content (AvgIpc) is 3.26. The van der Waals surface area contributed by atoms with E-state index in [1.807, 2.05) is 0 Å². The maximum absolute atomic E-state index is 13.9. The number of nitrogens with one attached hydrogen (secondary N) is 8. The van der Waals surface area contributed by atoms with Crippen LogP contribution < -0.4 is 48.3 Å². The van der Waals surface area contributed by atoms with Crippen LogP contribution in [-0.4, -0.2) is 164 Å². The van der Waals surface area contributed by atoms with E-state index in [-0.39, 0.29) is 18.1 Å². The van der Waals surface area contributed by atoms with Crippen LogP contribution in [0.3, 0.4) is 0 Å². The Morgan fingerprint density at radius 3 is 1.38 bits per heavy atom. The van der Waals surface area contributed by atoms with E-state index >= 15 is 0 Å². The van der Waals surface area contributed by atoms with Crippen LogP contribution in [0, 0.1) is 11.8 Å². The van der Waals surface area contributed by atoms with Crippen molar-refractivity contribution in [1.82, 2.24) is 42.5 Å². The molecular formula is C42H65N9O16S. The van der Waals surface area contributed by atoms with Crippen molar-refractivity contribution in [2.45, 2.75) is 134 Å². The molecule has 68 heavy (non-hydrogen) atoms. The third kappa shape index (κ3) is 20.6. The number of thiol groups is 1. The lowest BCUT2D eigenvalue weighted by atomic mass is 10.0. The zero-order valence-electron chi connectivity index (χ0n) is 38.5. The number of carbonyl (C=O) groups is 11. The van der Waals surface area contributed by atoms with Crippen molar-refractivity contribution in [2.75, 3.05) is 12.4 Å². The molecular weight excluding hydrogens is 919 g/mol. The van der Waals surface area contributed by atoms with Gasteiger partial charge in [0.05, 0.1) is 18.8 Å². The summed E-state index contributed by atoms with van der Waals surface area (Å²) in [5.41, 5.74) is 6.45. The Balaban J connectivity index is 3.40. The monoisotopic (exact) mass is 983 g/mol. The first-order valence-electron chi connectivity index (χ1n) is 21.5. The van der Waals surface area contributed by atoms with Crippen molar-refractivity contribution >= 4 is 77.8 Å². The summed E-state index contributed by atoms with van der Waals surface area (Å²) in [5.74, 6) is -13.8. The first-order chi connectivity index (χ1) is 31.7. The Labute approximate surface area is 397 Å². The van der Waals surface area contributed by atoms with E-state index < -0.39 is 164 Å². The number of aliphatic hydroxyl groups excluding tert-OH is 2. The second-order valence-corrected chi connectivity index (χ2v) is 16.9. The summed E-state index contributed by atoms with van der Waals surface area (Å²) in [6.07, 6.45) is -4.36. The quantitative estimate of drug-likeness (QED) is 0.0326. The number of hydrogen-bond donors (Lipinski definition) is 15. The fraction of sp³-hybridized carbons (Fsp3) is 0.595. The summed E-state index contributed by atoms with van der Waals surface area (Å²) >= 11 is 4.15. The summed E-state index contributed by atoms with van der Waals surface area (Å²) < 4.78 is 0. The van der Waals surface area contributed by atoms with Gasteiger partial charge in [0.2, 0.25) is 47.3 Å². The minimum absolute atomic E-state index is 0.173. The van der Waals surface area contributed by atoms with Gasteiger partial charge in [-0.25, -0.2) is 0 Å². The Morgan fingerprint density at radius 1 is 0.529 bits per heavy atom. The van der Waals surface area contributed by atoms with Gasteiger partial charge in [0.15, 0.2) is 0 Å². The molecule has 1 rings (SSSR count). The molecule has 1 aromatic rings. The highest BCUT2D eigenvalue weighted by atomic mass is 32.1. The Kier molecular flexibility index (Phi) is 25.8. The Morgan fingerprint density at radius 2 is 0.941 bits per heavy atom. The van der Waals surface area contributed by atoms with E-state index in [1.54, 1.807) is 44.2 Å². The zero-order valence-corrected chi connectivity index (χ0v) is 39.4. The molecule has 0 aliphatic heterocycles. The predicted molar refractivity (Wildman–Crippen MR) is 243 cm³/mol. The third-order valence-electron chi connectivity index (χ3n) is 10.2. The van der Waals surface area contributed by atoms with Crippen LogP contribution in [0.25, 0.3) is 0 Å². The first-order valence-corrected chi connectivity index (χ1v) is 22.2. The third-order valence-corrected chi connectivity index (χ3v) is 10.5. The molecule has 25 nitrogen and oxygen atoms in total. The minimum Gasteiger partial charge on any atom is -0.481 e. The van der Waals surface area contributed by atoms with E-state index in [9.17, 15) is 73.2 Å². The predicted octanol–water partition coefficient (Wildman–Crippen LogP) is -4.12. The summed E-state index contributed by atoms with van der Waals surface area (Å²) in [6, 6.07) is -5.49. The fourth-order valence-electron chi connectivity index (χ4n) is 5.98. The lowest BCUT2D eigenvalue weighted by Crippen LogP contribution is -2.62. The van der Waals surface area contributed by atoms with Gasteiger partial charge in [-0.2, -0.15) is 12.6 Å². The topological polar surface area (TPSA) is 411 Å². The zero-order chi connectivity index (χ0) is 52.0. The van der Waals surface area contributed by atoms with Crippen LogP contribution in [-0.2, 0) is 59.2 Å². The van der Waals surface area contributed by atoms with E-state index in [0.717, 1.165) is 13.8 Å². The molecule has 0 bridgehead atoms. The second-order valence-electron chi connectivity index (χ2n) is 16.5. The molecule has 10 atom stereocenters. The van der Waals surface area contributed by atoms with Crippen molar-refractivity contribution in [3.05, 3.63) is 35.9 Å². The second kappa shape index (κ2) is 29.4. The molecule has 0 saturated heterocycles. The molecule has 0 radical (unpaired) electrons. The van der Waals surface area contributed by atoms with Crippen molar-refractivity contribution in [1.29, 1.82) is 0 Å². The first kappa shape index (κ1) is 59.6. The molecule has 380 valence electrons. The number of carbonyl (C=O) groups excluding carboxylic acids is 8. The summed E-state index contributed by atoms with van der Waals surface area (Å²) in [4.78, 5) is 141. The van der Waals surface area contributed by atoms with Crippen molar-refractivity contribution < 1.29 is 78.3 Å². The van der Waals surface area contributed by atoms with Crippen LogP contribution in [0.5, 0.6) is 0 Å². The SMILES string of the molecule is CC(C)[C@H](N)C(=O)N[C@@H](CS)C(=O)N[C@@H](Cc1ccccc1)C(=O)N[C@@H](CCC(=O)O)C(=O)N[C@@H](CO)C(=O)N[C@@H](CCC(=O)O)C(=O)N[C@H](C(=O)N[C@H](C(=O)N[C@@H](C)C(=O)O)[C@@H](C)O)C(C)C. The van der Waals surface area contributed by atoms with Crippen LogP contribution in [0.2, 0.25) is 0 Å². The fourth-order valence-corrected chi connectivity index (χ4v) is 6.24. The molecule has 8 amide bonds. The summed E-state index contributed by atoms with van der Waals surface area (Å²) in [6.45, 7) is 7.43. The molecule has 0 saturated carbocycles. The maximum atomic E-state index is 13.9. The summed E-state index contributed by atoms with van der Waals surface area (Å²) in [7, 11) is 0. The molecule has 26 heteroatoms. The van der Waals surface area contributed by atoms with Crippen molar-refractivity contribution in [2.24, 2.45) is 17.6 Å². The number of benzene rings is 1. The normalized spacial score (nSPS) is 15.5. The van der Waals surface area contributed by atoms with E-state index in [1.165, 1.54) is 13.8 Å². The molecule has 0 aromatic heterocycles. The van der Waals surface area contributed by atoms with Gasteiger partial charge in [0.25, 0.3) is 0 Å². The minimum atomic E-state index is -1.92. The molecule has 0 fully saturated rings. The summed E-state index contributed by atoms with van der Waals surface area (Å²) in [5, 5.41) is 66.8. The van der Waals surface area contributed by atoms with E-state index in [2.05, 4.69) is 55.2 Å². The maximum Gasteiger partial charge on any atom is 0.325 e. The van der Waals surface area contributed by atoms with Crippen LogP contribution in [0.1, 0.15) is 72.8 Å². The van der Waals surface area contributed by atoms with Gasteiger partial charge in [-0.05, 0) is 44.1 Å². The standard InChI is InChI=1S/C42H65N9O16S/c1-19(2)31(43)39(63)49-28(18-68)38(62)47-26(16-23-10-8-7-9-11-23)36(60)45-24(12-14-29(54)55)34(58)48-27(17-52)37(61)46-25(13-15-30(56)57)35(59)50-32(20(3)4)40(64)51-33(22(6)53)41(65)44-21(5)42(66)67/h7-11,19-22,24-28,31-33,52-53,68H,12-18,43H2,1-6H3,(H,44,65)(H,45,60)(H,46,61)(H,47,62)(H,48,58)(H,49,63)(H,50,59)(H,51,64)(H,54,55)(H,56,57)(H,66,67)/t21-,22+,24-,25-,26-,27-,28-,31-,32-,33-/m0/s1. The number of carboxylic acids is 3. The Bertz CT molecular complexity index is 1940. The van der Waals surface area contributed by atoms with Crippen molar-refractivity contribution in [3.63, 3.8) is 0 Å². The largest absolute Gasteiger partial charge is 0.481 e. The smallest absolute Gasteiger partial charge is 0.325 e. The molecule has 0 spiro atoms. The van der Waals surface area contributed by atoms with Crippen molar-refractivity contribution in [3.8, 4) is 0 Å². The van der Waals surface area contributed by atoms with Gasteiger partial charge in [-0.1, -0.05) is 58.0 Å². The highest BCUT2D eigenvalue weighted by Gasteiger charge is 2.36. The molecule has 0 unspecified atom stereocenters. The van der Waals surface area contributed by atoms with Gasteiger partial charge in [0.1, 0.15) is 48.3 Å². The number of hydrogen-bond acceptors (Lipinski definition) is 15. The van der Waals surface area contributed by atoms with Gasteiger partial charge in [-0.3, -0.25) is 52.7 Å². The highest BCUT2D eigenvalue weighted by molar-refractivity contribution is 7.80. The van der Waals surface area contributed by atoms with Gasteiger partial charge in [0, 0.05) is 25.0 Å². The molecule has 0 aliphatic carbocycles. The van der Waals surface area contributed by atoms with E-state index in [4.69, 9.17) is 10.8 Å². The lowest BCUT2D eigenvalue weighted by molar-refractivity contribution is -0.142.